The highest BCUT2D eigenvalue weighted by atomic mass is 32.1. The Morgan fingerprint density at radius 1 is 0.567 bits per heavy atom. The number of H-pyrrole nitrogens is 1. The van der Waals surface area contributed by atoms with Gasteiger partial charge in [-0.1, -0.05) is 99.6 Å². The summed E-state index contributed by atoms with van der Waals surface area (Å²) in [7, 11) is 0. The summed E-state index contributed by atoms with van der Waals surface area (Å²) in [6.07, 6.45) is 16.7. The summed E-state index contributed by atoms with van der Waals surface area (Å²) in [5.74, 6) is 5.63. The lowest BCUT2D eigenvalue weighted by atomic mass is 10.1. The number of aromatic nitrogens is 11. The zero-order valence-corrected chi connectivity index (χ0v) is 40.5. The summed E-state index contributed by atoms with van der Waals surface area (Å²) < 4.78 is 1.84. The summed E-state index contributed by atoms with van der Waals surface area (Å²) in [6, 6.07) is 1.81. The van der Waals surface area contributed by atoms with Gasteiger partial charge in [0.05, 0.1) is 11.2 Å². The van der Waals surface area contributed by atoms with Crippen LogP contribution in [-0.4, -0.2) is 81.3 Å². The molecule has 0 unspecified atom stereocenters. The van der Waals surface area contributed by atoms with Crippen molar-refractivity contribution in [2.45, 2.75) is 102 Å². The first-order chi connectivity index (χ1) is 28.7. The van der Waals surface area contributed by atoms with Gasteiger partial charge in [0.25, 0.3) is 0 Å². The van der Waals surface area contributed by atoms with Crippen molar-refractivity contribution >= 4 is 56.2 Å². The summed E-state index contributed by atoms with van der Waals surface area (Å²) in [6.45, 7) is 30.9. The van der Waals surface area contributed by atoms with Crippen molar-refractivity contribution in [2.75, 3.05) is 47.4 Å². The Kier molecular flexibility index (Phi) is 30.5. The predicted molar refractivity (Wildman–Crippen MR) is 256 cm³/mol. The maximum absolute atomic E-state index is 4.21. The molecule has 0 bridgehead atoms. The molecule has 6 heterocycles. The largest absolute Gasteiger partial charge is 0.361 e. The highest BCUT2D eigenvalue weighted by Crippen LogP contribution is 2.12. The Labute approximate surface area is 372 Å². The van der Waals surface area contributed by atoms with E-state index in [-0.39, 0.29) is 0 Å². The van der Waals surface area contributed by atoms with Crippen molar-refractivity contribution in [1.82, 2.24) is 55.1 Å². The molecular weight excluding hydrogens is 811 g/mol. The first-order valence-electron chi connectivity index (χ1n) is 20.8. The normalized spacial score (nSPS) is 10.4. The van der Waals surface area contributed by atoms with Crippen molar-refractivity contribution in [1.29, 1.82) is 0 Å². The fourth-order valence-electron chi connectivity index (χ4n) is 3.99. The number of nitrogens with one attached hydrogen (secondary N) is 5. The van der Waals surface area contributed by atoms with E-state index in [1.807, 2.05) is 40.2 Å². The molecule has 5 N–H and O–H groups in total. The molecule has 0 saturated carbocycles. The molecular formula is C42H73N15S3. The van der Waals surface area contributed by atoms with Gasteiger partial charge >= 0.3 is 0 Å². The van der Waals surface area contributed by atoms with Crippen LogP contribution in [0.2, 0.25) is 0 Å². The SMILES string of the molecule is CC(C)CCc1nccs1.CC(C)CNc1ncc[nH]1.CC(C)CNc1ncccn1.CC(C)CNc1nccs1.CC(C)CNc1nncs1.CC(C)Cn1ccnn1. The summed E-state index contributed by atoms with van der Waals surface area (Å²) in [4.78, 5) is 23.4. The fourth-order valence-corrected chi connectivity index (χ4v) is 5.62. The molecule has 6 rings (SSSR count). The molecule has 15 nitrogen and oxygen atoms in total. The van der Waals surface area contributed by atoms with E-state index >= 15 is 0 Å². The molecule has 0 fully saturated rings. The number of hydrogen-bond acceptors (Lipinski definition) is 16. The predicted octanol–water partition coefficient (Wildman–Crippen LogP) is 10.5. The number of aromatic amines is 1. The molecule has 0 radical (unpaired) electrons. The molecule has 334 valence electrons. The van der Waals surface area contributed by atoms with E-state index < -0.39 is 0 Å². The molecule has 18 heteroatoms. The van der Waals surface area contributed by atoms with Gasteiger partial charge in [-0.15, -0.1) is 38.0 Å². The van der Waals surface area contributed by atoms with E-state index in [2.05, 4.69) is 155 Å². The molecule has 6 aromatic rings. The second-order valence-corrected chi connectivity index (χ2v) is 18.8. The minimum Gasteiger partial charge on any atom is -0.361 e. The number of imidazole rings is 1. The van der Waals surface area contributed by atoms with Gasteiger partial charge in [0.15, 0.2) is 11.1 Å². The Bertz CT molecular complexity index is 1520. The number of thiazole rings is 2. The van der Waals surface area contributed by atoms with Crippen molar-refractivity contribution in [3.05, 3.63) is 76.9 Å². The van der Waals surface area contributed by atoms with Crippen LogP contribution in [0.5, 0.6) is 0 Å². The molecule has 0 saturated heterocycles. The summed E-state index contributed by atoms with van der Waals surface area (Å²) in [5.41, 5.74) is 1.72. The highest BCUT2D eigenvalue weighted by molar-refractivity contribution is 7.13. The van der Waals surface area contributed by atoms with Gasteiger partial charge < -0.3 is 26.3 Å². The third-order valence-electron chi connectivity index (χ3n) is 6.97. The third-order valence-corrected chi connectivity index (χ3v) is 9.19. The lowest BCUT2D eigenvalue weighted by Crippen LogP contribution is -2.09. The first kappa shape index (κ1) is 53.5. The van der Waals surface area contributed by atoms with Crippen LogP contribution in [0, 0.1) is 35.5 Å². The van der Waals surface area contributed by atoms with Gasteiger partial charge in [0.2, 0.25) is 11.1 Å². The molecule has 0 aliphatic rings. The molecule has 0 aromatic carbocycles. The topological polar surface area (TPSA) is 185 Å². The van der Waals surface area contributed by atoms with Gasteiger partial charge in [0.1, 0.15) is 5.51 Å². The highest BCUT2D eigenvalue weighted by Gasteiger charge is 1.99. The van der Waals surface area contributed by atoms with Crippen LogP contribution in [0.4, 0.5) is 22.2 Å². The first-order valence-corrected chi connectivity index (χ1v) is 23.5. The quantitative estimate of drug-likeness (QED) is 0.0583. The van der Waals surface area contributed by atoms with Crippen LogP contribution in [0.25, 0.3) is 0 Å². The monoisotopic (exact) mass is 884 g/mol. The summed E-state index contributed by atoms with van der Waals surface area (Å²) >= 11 is 4.93. The Balaban J connectivity index is 0.000000360. The van der Waals surface area contributed by atoms with Gasteiger partial charge in [-0.2, -0.15) is 0 Å². The van der Waals surface area contributed by atoms with E-state index in [0.717, 1.165) is 61.3 Å². The van der Waals surface area contributed by atoms with Crippen molar-refractivity contribution in [3.8, 4) is 0 Å². The number of rotatable bonds is 17. The maximum atomic E-state index is 4.21. The Hall–Kier alpha value is -4.55. The fraction of sp³-hybridized carbons (Fsp3) is 0.595. The van der Waals surface area contributed by atoms with Gasteiger partial charge in [0, 0.05) is 86.9 Å². The van der Waals surface area contributed by atoms with Gasteiger partial charge in [-0.25, -0.2) is 24.9 Å². The molecule has 0 atom stereocenters. The Morgan fingerprint density at radius 3 is 1.67 bits per heavy atom. The molecule has 0 aliphatic heterocycles. The van der Waals surface area contributed by atoms with E-state index in [1.165, 1.54) is 22.8 Å². The third kappa shape index (κ3) is 32.3. The lowest BCUT2D eigenvalue weighted by Gasteiger charge is -2.05. The van der Waals surface area contributed by atoms with Crippen molar-refractivity contribution in [2.24, 2.45) is 35.5 Å². The number of hydrogen-bond donors (Lipinski definition) is 5. The molecule has 0 spiro atoms. The average Bonchev–Trinajstić information content (AvgIpc) is 4.06. The second-order valence-electron chi connectivity index (χ2n) is 16.1. The zero-order valence-electron chi connectivity index (χ0n) is 38.0. The molecule has 60 heavy (non-hydrogen) atoms. The van der Waals surface area contributed by atoms with E-state index in [1.54, 1.807) is 59.0 Å². The van der Waals surface area contributed by atoms with Crippen molar-refractivity contribution < 1.29 is 0 Å². The van der Waals surface area contributed by atoms with E-state index in [9.17, 15) is 0 Å². The summed E-state index contributed by atoms with van der Waals surface area (Å²) in [5, 5.41) is 35.0. The van der Waals surface area contributed by atoms with Crippen molar-refractivity contribution in [3.63, 3.8) is 0 Å². The number of nitrogens with zero attached hydrogens (tertiary/aromatic N) is 10. The van der Waals surface area contributed by atoms with E-state index in [0.29, 0.717) is 35.5 Å². The minimum absolute atomic E-state index is 0.624. The minimum atomic E-state index is 0.624. The number of anilines is 4. The van der Waals surface area contributed by atoms with E-state index in [4.69, 9.17) is 0 Å². The molecule has 0 amide bonds. The van der Waals surface area contributed by atoms with Crippen LogP contribution in [0.1, 0.15) is 94.5 Å². The van der Waals surface area contributed by atoms with Crippen LogP contribution >= 0.6 is 34.0 Å². The number of aryl methyl sites for hydroxylation is 1. The second kappa shape index (κ2) is 34.2. The zero-order chi connectivity index (χ0) is 44.4. The Morgan fingerprint density at radius 2 is 1.18 bits per heavy atom. The lowest BCUT2D eigenvalue weighted by molar-refractivity contribution is 0.472. The maximum Gasteiger partial charge on any atom is 0.222 e. The van der Waals surface area contributed by atoms with Crippen LogP contribution < -0.4 is 21.3 Å². The average molecular weight is 884 g/mol. The van der Waals surface area contributed by atoms with Gasteiger partial charge in [-0.3, -0.25) is 4.68 Å². The smallest absolute Gasteiger partial charge is 0.222 e. The standard InChI is InChI=1S/C8H13N3.C8H13NS.C7H13N3.C7H12N2S.C6H11N3S.C6H11N3/c1-7(2)6-11-8-9-4-3-5-10-8;1-7(2)3-4-8-9-5-6-10-8;1-6(2)5-10-7-8-3-4-9-7;1-6(2)5-9-7-8-3-4-10-7;1-5(2)3-7-6-9-8-4-10-6;1-6(2)5-9-4-3-7-8-9/h3-5,7H,6H2,1-2H3,(H,9,10,11);5-7H,3-4H2,1-2H3;3-4,6H,5H2,1-2H3,(H2,8,9,10);3-4,6H,5H2,1-2H3,(H,8,9);4-5H,3H2,1-2H3,(H,7,9);3-4,6H,5H2,1-2H3. The van der Waals surface area contributed by atoms with Crippen LogP contribution in [0.3, 0.4) is 0 Å². The van der Waals surface area contributed by atoms with Crippen LogP contribution in [0.15, 0.2) is 71.9 Å². The van der Waals surface area contributed by atoms with Gasteiger partial charge in [-0.05, 0) is 54.4 Å². The molecule has 0 aliphatic carbocycles. The van der Waals surface area contributed by atoms with Crippen LogP contribution in [-0.2, 0) is 13.0 Å². The molecule has 6 aromatic heterocycles.